The molecule has 0 aliphatic rings. The molecule has 0 fully saturated rings. The minimum absolute atomic E-state index is 0.260. The molecule has 212 valence electrons. The minimum Gasteiger partial charge on any atom is -0.490 e. The summed E-state index contributed by atoms with van der Waals surface area (Å²) in [6, 6.07) is 32.6. The summed E-state index contributed by atoms with van der Waals surface area (Å²) >= 11 is 12.3. The smallest absolute Gasteiger partial charge is 0.271 e. The van der Waals surface area contributed by atoms with Crippen LogP contribution in [0.3, 0.4) is 0 Å². The van der Waals surface area contributed by atoms with Crippen molar-refractivity contribution in [3.8, 4) is 28.4 Å². The van der Waals surface area contributed by atoms with E-state index in [9.17, 15) is 4.79 Å². The van der Waals surface area contributed by atoms with Crippen molar-refractivity contribution in [3.05, 3.63) is 136 Å². The van der Waals surface area contributed by atoms with Crippen LogP contribution in [0.1, 0.15) is 34.1 Å². The van der Waals surface area contributed by atoms with Gasteiger partial charge >= 0.3 is 0 Å². The van der Waals surface area contributed by atoms with E-state index in [1.807, 2.05) is 49.4 Å². The van der Waals surface area contributed by atoms with E-state index in [2.05, 4.69) is 46.3 Å². The first-order valence-electron chi connectivity index (χ1n) is 13.4. The van der Waals surface area contributed by atoms with E-state index in [0.29, 0.717) is 33.7 Å². The lowest BCUT2D eigenvalue weighted by Crippen LogP contribution is -2.17. The van der Waals surface area contributed by atoms with Crippen LogP contribution in [0.15, 0.2) is 108 Å². The number of benzene rings is 4. The molecule has 0 bridgehead atoms. The molecule has 0 atom stereocenters. The van der Waals surface area contributed by atoms with Gasteiger partial charge in [-0.3, -0.25) is 4.79 Å². The number of halogens is 2. The summed E-state index contributed by atoms with van der Waals surface area (Å²) in [5, 5.41) is 5.25. The van der Waals surface area contributed by atoms with Gasteiger partial charge in [0.05, 0.1) is 18.5 Å². The van der Waals surface area contributed by atoms with Crippen molar-refractivity contribution in [1.82, 2.24) is 9.99 Å². The average Bonchev–Trinajstić information content (AvgIpc) is 3.39. The zero-order chi connectivity index (χ0) is 29.5. The fourth-order valence-electron chi connectivity index (χ4n) is 4.49. The number of hydrazone groups is 1. The summed E-state index contributed by atoms with van der Waals surface area (Å²) in [4.78, 5) is 12.8. The summed E-state index contributed by atoms with van der Waals surface area (Å²) in [6.07, 6.45) is 1.56. The Bertz CT molecular complexity index is 1710. The van der Waals surface area contributed by atoms with Crippen LogP contribution in [-0.4, -0.2) is 23.3 Å². The van der Waals surface area contributed by atoms with Crippen LogP contribution >= 0.6 is 23.2 Å². The Morgan fingerprint density at radius 1 is 0.881 bits per heavy atom. The minimum atomic E-state index is -0.310. The molecule has 5 rings (SSSR count). The molecule has 1 aromatic heterocycles. The number of nitrogens with zero attached hydrogens (tertiary/aromatic N) is 2. The van der Waals surface area contributed by atoms with E-state index in [1.165, 1.54) is 0 Å². The molecule has 1 heterocycles. The van der Waals surface area contributed by atoms with Crippen LogP contribution in [0.5, 0.6) is 11.5 Å². The van der Waals surface area contributed by atoms with Crippen LogP contribution in [0.25, 0.3) is 16.9 Å². The fraction of sp³-hybridized carbons (Fsp3) is 0.118. The number of nitrogens with one attached hydrogen (secondary N) is 1. The quantitative estimate of drug-likeness (QED) is 0.130. The van der Waals surface area contributed by atoms with Crippen LogP contribution in [0.4, 0.5) is 0 Å². The van der Waals surface area contributed by atoms with Gasteiger partial charge in [0, 0.05) is 32.6 Å². The molecule has 1 amide bonds. The van der Waals surface area contributed by atoms with Crippen LogP contribution in [0.2, 0.25) is 10.0 Å². The highest BCUT2D eigenvalue weighted by atomic mass is 35.5. The van der Waals surface area contributed by atoms with Gasteiger partial charge in [-0.1, -0.05) is 59.6 Å². The Kier molecular flexibility index (Phi) is 9.27. The molecule has 0 spiro atoms. The summed E-state index contributed by atoms with van der Waals surface area (Å²) in [6.45, 7) is 4.68. The van der Waals surface area contributed by atoms with Gasteiger partial charge in [0.2, 0.25) is 0 Å². The second-order valence-corrected chi connectivity index (χ2v) is 10.3. The third kappa shape index (κ3) is 6.85. The van der Waals surface area contributed by atoms with Crippen molar-refractivity contribution in [2.45, 2.75) is 20.5 Å². The molecule has 42 heavy (non-hydrogen) atoms. The molecule has 1 N–H and O–H groups in total. The Hall–Kier alpha value is -4.52. The molecule has 0 aliphatic heterocycles. The van der Waals surface area contributed by atoms with Crippen molar-refractivity contribution < 1.29 is 14.3 Å². The lowest BCUT2D eigenvalue weighted by atomic mass is 10.1. The van der Waals surface area contributed by atoms with Gasteiger partial charge in [-0.05, 0) is 91.7 Å². The van der Waals surface area contributed by atoms with Crippen molar-refractivity contribution in [1.29, 1.82) is 0 Å². The third-order valence-corrected chi connectivity index (χ3v) is 7.17. The van der Waals surface area contributed by atoms with Gasteiger partial charge < -0.3 is 14.0 Å². The first kappa shape index (κ1) is 29.0. The molecule has 0 saturated carbocycles. The summed E-state index contributed by atoms with van der Waals surface area (Å²) in [5.74, 6) is 0.816. The van der Waals surface area contributed by atoms with E-state index in [-0.39, 0.29) is 12.5 Å². The van der Waals surface area contributed by atoms with Crippen LogP contribution in [0, 0.1) is 6.92 Å². The summed E-state index contributed by atoms with van der Waals surface area (Å²) in [5.41, 5.74) is 8.94. The Labute approximate surface area is 255 Å². The lowest BCUT2D eigenvalue weighted by molar-refractivity contribution is 0.0955. The number of aryl methyl sites for hydroxylation is 1. The average molecular weight is 599 g/mol. The molecular weight excluding hydrogens is 569 g/mol. The summed E-state index contributed by atoms with van der Waals surface area (Å²) < 4.78 is 13.9. The van der Waals surface area contributed by atoms with Gasteiger partial charge in [-0.2, -0.15) is 5.10 Å². The number of carbonyl (C=O) groups excluding carboxylic acids is 1. The summed E-state index contributed by atoms with van der Waals surface area (Å²) in [7, 11) is 0. The Morgan fingerprint density at radius 2 is 1.67 bits per heavy atom. The van der Waals surface area contributed by atoms with Gasteiger partial charge in [0.15, 0.2) is 11.5 Å². The van der Waals surface area contributed by atoms with Crippen molar-refractivity contribution >= 4 is 35.3 Å². The SMILES string of the molecule is CCOc1cc(/C=N/NC(=O)c2ccc(-n3c(C)ccc3-c3ccccc3)cc2)ccc1OCc1ccc(Cl)cc1Cl. The predicted octanol–water partition coefficient (Wildman–Crippen LogP) is 8.50. The van der Waals surface area contributed by atoms with E-state index < -0.39 is 0 Å². The van der Waals surface area contributed by atoms with Gasteiger partial charge in [-0.15, -0.1) is 0 Å². The highest BCUT2D eigenvalue weighted by Gasteiger charge is 2.12. The molecule has 0 saturated heterocycles. The fourth-order valence-corrected chi connectivity index (χ4v) is 4.96. The molecule has 4 aromatic carbocycles. The van der Waals surface area contributed by atoms with Crippen molar-refractivity contribution in [2.75, 3.05) is 6.61 Å². The molecule has 8 heteroatoms. The number of ether oxygens (including phenoxy) is 2. The van der Waals surface area contributed by atoms with Gasteiger partial charge in [-0.25, -0.2) is 5.43 Å². The Morgan fingerprint density at radius 3 is 2.40 bits per heavy atom. The zero-order valence-corrected chi connectivity index (χ0v) is 24.7. The lowest BCUT2D eigenvalue weighted by Gasteiger charge is -2.13. The highest BCUT2D eigenvalue weighted by molar-refractivity contribution is 6.35. The normalized spacial score (nSPS) is 11.0. The van der Waals surface area contributed by atoms with Gasteiger partial charge in [0.25, 0.3) is 5.91 Å². The van der Waals surface area contributed by atoms with Gasteiger partial charge in [0.1, 0.15) is 6.61 Å². The first-order valence-corrected chi connectivity index (χ1v) is 14.2. The zero-order valence-electron chi connectivity index (χ0n) is 23.2. The third-order valence-electron chi connectivity index (χ3n) is 6.58. The number of hydrogen-bond donors (Lipinski definition) is 1. The van der Waals surface area contributed by atoms with E-state index in [0.717, 1.165) is 33.8 Å². The first-order chi connectivity index (χ1) is 20.4. The maximum absolute atomic E-state index is 12.8. The Balaban J connectivity index is 1.24. The molecule has 0 radical (unpaired) electrons. The van der Waals surface area contributed by atoms with E-state index in [4.69, 9.17) is 32.7 Å². The van der Waals surface area contributed by atoms with Crippen molar-refractivity contribution in [3.63, 3.8) is 0 Å². The largest absolute Gasteiger partial charge is 0.490 e. The van der Waals surface area contributed by atoms with Crippen LogP contribution in [-0.2, 0) is 6.61 Å². The topological polar surface area (TPSA) is 64.8 Å². The number of aromatic nitrogens is 1. The number of rotatable bonds is 10. The standard InChI is InChI=1S/C34H29Cl2N3O3/c1-3-41-33-19-24(10-18-32(33)42-22-27-11-14-28(35)20-30(27)36)21-37-38-34(40)26-12-15-29(16-13-26)39-23(2)9-17-31(39)25-7-5-4-6-8-25/h4-21H,3,22H2,1-2H3,(H,38,40)/b37-21+. The number of amides is 1. The molecule has 0 aliphatic carbocycles. The van der Waals surface area contributed by atoms with E-state index >= 15 is 0 Å². The monoisotopic (exact) mass is 597 g/mol. The second kappa shape index (κ2) is 13.4. The van der Waals surface area contributed by atoms with E-state index in [1.54, 1.807) is 42.6 Å². The molecular formula is C34H29Cl2N3O3. The van der Waals surface area contributed by atoms with Crippen molar-refractivity contribution in [2.24, 2.45) is 5.10 Å². The number of carbonyl (C=O) groups is 1. The highest BCUT2D eigenvalue weighted by Crippen LogP contribution is 2.30. The van der Waals surface area contributed by atoms with Crippen LogP contribution < -0.4 is 14.9 Å². The maximum atomic E-state index is 12.8. The second-order valence-electron chi connectivity index (χ2n) is 9.47. The predicted molar refractivity (Wildman–Crippen MR) is 169 cm³/mol. The number of hydrogen-bond acceptors (Lipinski definition) is 4. The molecule has 0 unspecified atom stereocenters. The molecule has 5 aromatic rings. The maximum Gasteiger partial charge on any atom is 0.271 e. The molecule has 6 nitrogen and oxygen atoms in total.